The second kappa shape index (κ2) is 4.75. The second-order valence-electron chi connectivity index (χ2n) is 4.46. The van der Waals surface area contributed by atoms with Crippen molar-refractivity contribution in [3.63, 3.8) is 0 Å². The molecule has 1 aliphatic carbocycles. The molecule has 1 fully saturated rings. The van der Waals surface area contributed by atoms with Crippen molar-refractivity contribution < 1.29 is 0 Å². The van der Waals surface area contributed by atoms with E-state index >= 15 is 0 Å². The smallest absolute Gasteiger partial charge is 0.133 e. The van der Waals surface area contributed by atoms with Gasteiger partial charge < -0.3 is 10.3 Å². The van der Waals surface area contributed by atoms with Crippen LogP contribution in [0.25, 0.3) is 0 Å². The third kappa shape index (κ3) is 2.37. The Morgan fingerprint density at radius 1 is 1.40 bits per heavy atom. The van der Waals surface area contributed by atoms with E-state index in [9.17, 15) is 0 Å². The predicted molar refractivity (Wildman–Crippen MR) is 59.5 cm³/mol. The summed E-state index contributed by atoms with van der Waals surface area (Å²) in [5.74, 6) is 3.04. The van der Waals surface area contributed by atoms with Gasteiger partial charge in [0.05, 0.1) is 0 Å². The first-order valence-electron chi connectivity index (χ1n) is 5.90. The maximum absolute atomic E-state index is 5.53. The van der Waals surface area contributed by atoms with Gasteiger partial charge in [0.15, 0.2) is 0 Å². The molecule has 4 heteroatoms. The first-order valence-corrected chi connectivity index (χ1v) is 5.90. The van der Waals surface area contributed by atoms with Crippen LogP contribution in [0.15, 0.2) is 0 Å². The van der Waals surface area contributed by atoms with Crippen LogP contribution in [0, 0.1) is 12.8 Å². The highest BCUT2D eigenvalue weighted by molar-refractivity contribution is 4.96. The molecule has 0 aromatic carbocycles. The standard InChI is InChI=1S/C11H20N4/c1-9-13-14-11(8-10-4-2-5-10)15(9)7-3-6-12/h10H,2-8,12H2,1H3. The molecule has 84 valence electrons. The number of hydrogen-bond acceptors (Lipinski definition) is 3. The molecule has 1 aromatic rings. The summed E-state index contributed by atoms with van der Waals surface area (Å²) in [7, 11) is 0. The highest BCUT2D eigenvalue weighted by Gasteiger charge is 2.20. The number of rotatable bonds is 5. The molecule has 0 bridgehead atoms. The summed E-state index contributed by atoms with van der Waals surface area (Å²) in [6, 6.07) is 0. The molecule has 2 N–H and O–H groups in total. The average molecular weight is 208 g/mol. The molecule has 1 aliphatic rings. The van der Waals surface area contributed by atoms with Crippen molar-refractivity contribution in [2.45, 2.75) is 45.6 Å². The lowest BCUT2D eigenvalue weighted by molar-refractivity contribution is 0.305. The summed E-state index contributed by atoms with van der Waals surface area (Å²) in [5.41, 5.74) is 5.53. The predicted octanol–water partition coefficient (Wildman–Crippen LogP) is 1.28. The van der Waals surface area contributed by atoms with E-state index in [4.69, 9.17) is 5.73 Å². The van der Waals surface area contributed by atoms with Crippen LogP contribution < -0.4 is 5.73 Å². The van der Waals surface area contributed by atoms with Crippen LogP contribution in [0.1, 0.15) is 37.3 Å². The van der Waals surface area contributed by atoms with Gasteiger partial charge in [-0.2, -0.15) is 0 Å². The zero-order valence-corrected chi connectivity index (χ0v) is 9.45. The van der Waals surface area contributed by atoms with Crippen LogP contribution in [-0.4, -0.2) is 21.3 Å². The number of aryl methyl sites for hydroxylation is 1. The monoisotopic (exact) mass is 208 g/mol. The van der Waals surface area contributed by atoms with Crippen LogP contribution in [0.4, 0.5) is 0 Å². The second-order valence-corrected chi connectivity index (χ2v) is 4.46. The summed E-state index contributed by atoms with van der Waals surface area (Å²) in [4.78, 5) is 0. The minimum Gasteiger partial charge on any atom is -0.330 e. The van der Waals surface area contributed by atoms with Crippen LogP contribution >= 0.6 is 0 Å². The summed E-state index contributed by atoms with van der Waals surface area (Å²) >= 11 is 0. The van der Waals surface area contributed by atoms with E-state index in [2.05, 4.69) is 14.8 Å². The molecule has 0 aliphatic heterocycles. The Morgan fingerprint density at radius 3 is 2.80 bits per heavy atom. The van der Waals surface area contributed by atoms with Gasteiger partial charge in [0.1, 0.15) is 11.6 Å². The molecular weight excluding hydrogens is 188 g/mol. The molecule has 2 rings (SSSR count). The number of nitrogens with two attached hydrogens (primary N) is 1. The van der Waals surface area contributed by atoms with Gasteiger partial charge in [-0.05, 0) is 25.8 Å². The lowest BCUT2D eigenvalue weighted by Crippen LogP contribution is -2.18. The average Bonchev–Trinajstić information content (AvgIpc) is 2.50. The van der Waals surface area contributed by atoms with Gasteiger partial charge >= 0.3 is 0 Å². The van der Waals surface area contributed by atoms with Crippen LogP contribution in [0.3, 0.4) is 0 Å². The van der Waals surface area contributed by atoms with Gasteiger partial charge in [-0.1, -0.05) is 19.3 Å². The molecule has 1 heterocycles. The summed E-state index contributed by atoms with van der Waals surface area (Å²) in [6.07, 6.45) is 6.23. The largest absolute Gasteiger partial charge is 0.330 e. The number of nitrogens with zero attached hydrogens (tertiary/aromatic N) is 3. The van der Waals surface area contributed by atoms with E-state index in [1.54, 1.807) is 0 Å². The summed E-state index contributed by atoms with van der Waals surface area (Å²) in [5, 5.41) is 8.42. The Kier molecular flexibility index (Phi) is 3.36. The van der Waals surface area contributed by atoms with E-state index in [1.807, 2.05) is 6.92 Å². The zero-order chi connectivity index (χ0) is 10.7. The molecule has 0 saturated heterocycles. The molecule has 0 amide bonds. The highest BCUT2D eigenvalue weighted by atomic mass is 15.3. The van der Waals surface area contributed by atoms with E-state index in [0.717, 1.165) is 43.5 Å². The van der Waals surface area contributed by atoms with Crippen LogP contribution in [0.5, 0.6) is 0 Å². The normalized spacial score (nSPS) is 16.7. The minimum atomic E-state index is 0.737. The highest BCUT2D eigenvalue weighted by Crippen LogP contribution is 2.29. The van der Waals surface area contributed by atoms with Crippen molar-refractivity contribution in [3.8, 4) is 0 Å². The summed E-state index contributed by atoms with van der Waals surface area (Å²) in [6.45, 7) is 3.73. The van der Waals surface area contributed by atoms with E-state index < -0.39 is 0 Å². The maximum atomic E-state index is 5.53. The van der Waals surface area contributed by atoms with Gasteiger partial charge in [0.25, 0.3) is 0 Å². The SMILES string of the molecule is Cc1nnc(CC2CCC2)n1CCCN. The molecular formula is C11H20N4. The Bertz CT molecular complexity index is 314. The Balaban J connectivity index is 2.01. The first kappa shape index (κ1) is 10.6. The van der Waals surface area contributed by atoms with Crippen molar-refractivity contribution in [1.29, 1.82) is 0 Å². The molecule has 0 unspecified atom stereocenters. The number of aromatic nitrogens is 3. The minimum absolute atomic E-state index is 0.737. The fraction of sp³-hybridized carbons (Fsp3) is 0.818. The maximum Gasteiger partial charge on any atom is 0.133 e. The van der Waals surface area contributed by atoms with E-state index in [-0.39, 0.29) is 0 Å². The van der Waals surface area contributed by atoms with E-state index in [0.29, 0.717) is 0 Å². The molecule has 0 spiro atoms. The van der Waals surface area contributed by atoms with Crippen LogP contribution in [-0.2, 0) is 13.0 Å². The lowest BCUT2D eigenvalue weighted by Gasteiger charge is -2.24. The molecule has 0 atom stereocenters. The van der Waals surface area contributed by atoms with Crippen molar-refractivity contribution in [2.24, 2.45) is 11.7 Å². The third-order valence-electron chi connectivity index (χ3n) is 3.29. The van der Waals surface area contributed by atoms with Crippen molar-refractivity contribution >= 4 is 0 Å². The number of hydrogen-bond donors (Lipinski definition) is 1. The lowest BCUT2D eigenvalue weighted by atomic mass is 9.83. The van der Waals surface area contributed by atoms with Gasteiger partial charge in [-0.15, -0.1) is 10.2 Å². The Hall–Kier alpha value is -0.900. The van der Waals surface area contributed by atoms with Gasteiger partial charge in [-0.25, -0.2) is 0 Å². The van der Waals surface area contributed by atoms with Gasteiger partial charge in [-0.3, -0.25) is 0 Å². The van der Waals surface area contributed by atoms with Crippen molar-refractivity contribution in [3.05, 3.63) is 11.6 Å². The summed E-state index contributed by atoms with van der Waals surface area (Å²) < 4.78 is 2.23. The molecule has 4 nitrogen and oxygen atoms in total. The fourth-order valence-electron chi connectivity index (χ4n) is 2.07. The fourth-order valence-corrected chi connectivity index (χ4v) is 2.07. The topological polar surface area (TPSA) is 56.7 Å². The quantitative estimate of drug-likeness (QED) is 0.793. The zero-order valence-electron chi connectivity index (χ0n) is 9.45. The molecule has 1 aromatic heterocycles. The van der Waals surface area contributed by atoms with Gasteiger partial charge in [0.2, 0.25) is 0 Å². The first-order chi connectivity index (χ1) is 7.31. The Morgan fingerprint density at radius 2 is 2.20 bits per heavy atom. The third-order valence-corrected chi connectivity index (χ3v) is 3.29. The van der Waals surface area contributed by atoms with Crippen LogP contribution in [0.2, 0.25) is 0 Å². The van der Waals surface area contributed by atoms with E-state index in [1.165, 1.54) is 19.3 Å². The molecule has 0 radical (unpaired) electrons. The molecule has 1 saturated carbocycles. The van der Waals surface area contributed by atoms with Gasteiger partial charge in [0, 0.05) is 13.0 Å². The molecule has 15 heavy (non-hydrogen) atoms. The van der Waals surface area contributed by atoms with Crippen molar-refractivity contribution in [2.75, 3.05) is 6.54 Å². The Labute approximate surface area is 90.9 Å². The van der Waals surface area contributed by atoms with Crippen molar-refractivity contribution in [1.82, 2.24) is 14.8 Å².